The van der Waals surface area contributed by atoms with E-state index in [0.29, 0.717) is 6.04 Å². The number of nitrogens with one attached hydrogen (secondary N) is 2. The SMILES string of the molecule is O=C(C1CC(c2ccncc2)NN1)N1CCCCC1CCc1cccs1. The van der Waals surface area contributed by atoms with Crippen molar-refractivity contribution < 1.29 is 4.79 Å². The number of pyridine rings is 1. The molecule has 0 aliphatic carbocycles. The number of hydrogen-bond donors (Lipinski definition) is 2. The highest BCUT2D eigenvalue weighted by molar-refractivity contribution is 7.09. The Morgan fingerprint density at radius 1 is 1.23 bits per heavy atom. The van der Waals surface area contributed by atoms with Crippen molar-refractivity contribution in [2.24, 2.45) is 0 Å². The summed E-state index contributed by atoms with van der Waals surface area (Å²) in [6, 6.07) is 8.73. The lowest BCUT2D eigenvalue weighted by Gasteiger charge is -2.37. The first-order valence-electron chi connectivity index (χ1n) is 9.55. The van der Waals surface area contributed by atoms with Crippen LogP contribution in [0.25, 0.3) is 0 Å². The van der Waals surface area contributed by atoms with E-state index in [1.54, 1.807) is 12.4 Å². The molecule has 6 heteroatoms. The molecule has 3 unspecified atom stereocenters. The van der Waals surface area contributed by atoms with E-state index in [9.17, 15) is 4.79 Å². The molecule has 4 heterocycles. The van der Waals surface area contributed by atoms with Gasteiger partial charge in [0.15, 0.2) is 0 Å². The first-order valence-corrected chi connectivity index (χ1v) is 10.4. The number of carbonyl (C=O) groups is 1. The Labute approximate surface area is 158 Å². The summed E-state index contributed by atoms with van der Waals surface area (Å²) < 4.78 is 0. The molecule has 2 aromatic rings. The number of hydrogen-bond acceptors (Lipinski definition) is 5. The van der Waals surface area contributed by atoms with E-state index >= 15 is 0 Å². The van der Waals surface area contributed by atoms with Crippen LogP contribution in [0.2, 0.25) is 0 Å². The lowest BCUT2D eigenvalue weighted by atomic mass is 9.95. The minimum Gasteiger partial charge on any atom is -0.338 e. The number of piperidine rings is 1. The first kappa shape index (κ1) is 17.6. The lowest BCUT2D eigenvalue weighted by Crippen LogP contribution is -2.51. The van der Waals surface area contributed by atoms with Gasteiger partial charge in [0, 0.05) is 35.9 Å². The highest BCUT2D eigenvalue weighted by Crippen LogP contribution is 2.27. The van der Waals surface area contributed by atoms with Crippen LogP contribution in [-0.2, 0) is 11.2 Å². The molecule has 26 heavy (non-hydrogen) atoms. The molecule has 138 valence electrons. The molecule has 5 nitrogen and oxygen atoms in total. The Hall–Kier alpha value is -1.76. The molecule has 2 saturated heterocycles. The second-order valence-corrected chi connectivity index (χ2v) is 8.24. The van der Waals surface area contributed by atoms with Gasteiger partial charge in [0.25, 0.3) is 0 Å². The van der Waals surface area contributed by atoms with E-state index in [1.165, 1.54) is 16.9 Å². The third-order valence-electron chi connectivity index (χ3n) is 5.52. The summed E-state index contributed by atoms with van der Waals surface area (Å²) in [4.78, 5) is 20.8. The molecule has 2 aliphatic rings. The van der Waals surface area contributed by atoms with Crippen molar-refractivity contribution in [1.82, 2.24) is 20.7 Å². The minimum absolute atomic E-state index is 0.143. The predicted molar refractivity (Wildman–Crippen MR) is 104 cm³/mol. The number of amides is 1. The second kappa shape index (κ2) is 8.29. The summed E-state index contributed by atoms with van der Waals surface area (Å²) in [5, 5.41) is 2.13. The largest absolute Gasteiger partial charge is 0.338 e. The van der Waals surface area contributed by atoms with Gasteiger partial charge < -0.3 is 4.90 Å². The van der Waals surface area contributed by atoms with Crippen molar-refractivity contribution in [1.29, 1.82) is 0 Å². The summed E-state index contributed by atoms with van der Waals surface area (Å²) in [5.41, 5.74) is 7.70. The third kappa shape index (κ3) is 3.98. The first-order chi connectivity index (χ1) is 12.8. The number of nitrogens with zero attached hydrogens (tertiary/aromatic N) is 2. The molecule has 0 radical (unpaired) electrons. The normalized spacial score (nSPS) is 26.2. The van der Waals surface area contributed by atoms with Crippen molar-refractivity contribution in [3.63, 3.8) is 0 Å². The predicted octanol–water partition coefficient (Wildman–Crippen LogP) is 3.06. The van der Waals surface area contributed by atoms with Gasteiger partial charge in [-0.1, -0.05) is 6.07 Å². The van der Waals surface area contributed by atoms with Gasteiger partial charge in [0.2, 0.25) is 5.91 Å². The van der Waals surface area contributed by atoms with Crippen molar-refractivity contribution >= 4 is 17.2 Å². The molecule has 0 aromatic carbocycles. The lowest BCUT2D eigenvalue weighted by molar-refractivity contribution is -0.137. The summed E-state index contributed by atoms with van der Waals surface area (Å²) >= 11 is 1.81. The van der Waals surface area contributed by atoms with Crippen molar-refractivity contribution in [2.75, 3.05) is 6.54 Å². The van der Waals surface area contributed by atoms with Crippen LogP contribution in [0.3, 0.4) is 0 Å². The van der Waals surface area contributed by atoms with Crippen molar-refractivity contribution in [3.05, 3.63) is 52.5 Å². The zero-order chi connectivity index (χ0) is 17.8. The Kier molecular flexibility index (Phi) is 5.62. The average molecular weight is 371 g/mol. The van der Waals surface area contributed by atoms with Gasteiger partial charge in [0.05, 0.1) is 0 Å². The van der Waals surface area contributed by atoms with Crippen molar-refractivity contribution in [2.45, 2.75) is 56.7 Å². The molecular weight excluding hydrogens is 344 g/mol. The summed E-state index contributed by atoms with van der Waals surface area (Å²) in [6.07, 6.45) is 10.0. The molecule has 0 spiro atoms. The molecule has 2 aliphatic heterocycles. The number of hydrazine groups is 1. The number of carbonyl (C=O) groups excluding carboxylic acids is 1. The van der Waals surface area contributed by atoms with Gasteiger partial charge in [-0.2, -0.15) is 0 Å². The summed E-state index contributed by atoms with van der Waals surface area (Å²) in [6.45, 7) is 0.895. The smallest absolute Gasteiger partial charge is 0.241 e. The molecule has 3 atom stereocenters. The maximum absolute atomic E-state index is 13.2. The molecular formula is C20H26N4OS. The van der Waals surface area contributed by atoms with Crippen LogP contribution in [0.1, 0.15) is 48.6 Å². The monoisotopic (exact) mass is 370 g/mol. The molecule has 2 fully saturated rings. The Balaban J connectivity index is 1.37. The van der Waals surface area contributed by atoms with Crippen LogP contribution in [0, 0.1) is 0 Å². The van der Waals surface area contributed by atoms with Gasteiger partial charge in [0.1, 0.15) is 6.04 Å². The molecule has 2 aromatic heterocycles. The van der Waals surface area contributed by atoms with Gasteiger partial charge in [-0.3, -0.25) is 9.78 Å². The molecule has 2 N–H and O–H groups in total. The van der Waals surface area contributed by atoms with E-state index in [4.69, 9.17) is 0 Å². The molecule has 0 bridgehead atoms. The Morgan fingerprint density at radius 3 is 2.92 bits per heavy atom. The maximum atomic E-state index is 13.2. The standard InChI is InChI=1S/C20H26N4OS/c25-20(19-14-18(22-23-19)15-8-10-21-11-9-15)24-12-2-1-4-16(24)6-7-17-5-3-13-26-17/h3,5,8-11,13,16,18-19,22-23H,1-2,4,6-7,12,14H2. The summed E-state index contributed by atoms with van der Waals surface area (Å²) in [7, 11) is 0. The van der Waals surface area contributed by atoms with Crippen LogP contribution in [0.5, 0.6) is 0 Å². The zero-order valence-corrected chi connectivity index (χ0v) is 15.8. The van der Waals surface area contributed by atoms with E-state index in [0.717, 1.165) is 38.6 Å². The van der Waals surface area contributed by atoms with E-state index < -0.39 is 0 Å². The van der Waals surface area contributed by atoms with Gasteiger partial charge >= 0.3 is 0 Å². The van der Waals surface area contributed by atoms with Crippen LogP contribution < -0.4 is 10.9 Å². The van der Waals surface area contributed by atoms with Crippen LogP contribution >= 0.6 is 11.3 Å². The fourth-order valence-electron chi connectivity index (χ4n) is 4.09. The van der Waals surface area contributed by atoms with E-state index in [1.807, 2.05) is 23.5 Å². The number of rotatable bonds is 5. The average Bonchev–Trinajstić information content (AvgIpc) is 3.39. The highest BCUT2D eigenvalue weighted by Gasteiger charge is 2.36. The fraction of sp³-hybridized carbons (Fsp3) is 0.500. The highest BCUT2D eigenvalue weighted by atomic mass is 32.1. The van der Waals surface area contributed by atoms with Gasteiger partial charge in [-0.15, -0.1) is 11.3 Å². The van der Waals surface area contributed by atoms with Crippen molar-refractivity contribution in [3.8, 4) is 0 Å². The second-order valence-electron chi connectivity index (χ2n) is 7.21. The van der Waals surface area contributed by atoms with Gasteiger partial charge in [-0.25, -0.2) is 10.9 Å². The number of thiophene rings is 1. The number of likely N-dealkylation sites (tertiary alicyclic amines) is 1. The number of aryl methyl sites for hydroxylation is 1. The topological polar surface area (TPSA) is 57.3 Å². The van der Waals surface area contributed by atoms with Crippen LogP contribution in [0.15, 0.2) is 42.0 Å². The maximum Gasteiger partial charge on any atom is 0.241 e. The molecule has 4 rings (SSSR count). The minimum atomic E-state index is -0.143. The number of aromatic nitrogens is 1. The fourth-order valence-corrected chi connectivity index (χ4v) is 4.81. The quantitative estimate of drug-likeness (QED) is 0.849. The van der Waals surface area contributed by atoms with Crippen LogP contribution in [-0.4, -0.2) is 34.4 Å². The molecule has 0 saturated carbocycles. The van der Waals surface area contributed by atoms with E-state index in [-0.39, 0.29) is 18.0 Å². The zero-order valence-electron chi connectivity index (χ0n) is 14.9. The third-order valence-corrected chi connectivity index (χ3v) is 6.46. The van der Waals surface area contributed by atoms with Crippen LogP contribution in [0.4, 0.5) is 0 Å². The Morgan fingerprint density at radius 2 is 2.12 bits per heavy atom. The summed E-state index contributed by atoms with van der Waals surface area (Å²) in [5.74, 6) is 0.255. The van der Waals surface area contributed by atoms with Gasteiger partial charge in [-0.05, 0) is 67.7 Å². The molecule has 1 amide bonds. The van der Waals surface area contributed by atoms with E-state index in [2.05, 4.69) is 38.2 Å². The Bertz CT molecular complexity index is 706.